The average Bonchev–Trinajstić information content (AvgIpc) is 2.23. The molecule has 1 aliphatic rings. The zero-order valence-electron chi connectivity index (χ0n) is 8.59. The van der Waals surface area contributed by atoms with E-state index in [1.807, 2.05) is 0 Å². The maximum atomic E-state index is 11.2. The van der Waals surface area contributed by atoms with Crippen molar-refractivity contribution >= 4 is 5.91 Å². The van der Waals surface area contributed by atoms with E-state index in [0.29, 0.717) is 18.9 Å². The van der Waals surface area contributed by atoms with E-state index < -0.39 is 0 Å². The molecule has 4 heteroatoms. The van der Waals surface area contributed by atoms with Gasteiger partial charge in [0.05, 0.1) is 0 Å². The largest absolute Gasteiger partial charge is 0.396 e. The van der Waals surface area contributed by atoms with Crippen LogP contribution in [-0.4, -0.2) is 37.3 Å². The molecule has 1 amide bonds. The minimum absolute atomic E-state index is 0.107. The summed E-state index contributed by atoms with van der Waals surface area (Å²) < 4.78 is 0. The first-order valence-electron chi connectivity index (χ1n) is 5.41. The van der Waals surface area contributed by atoms with Crippen LogP contribution in [0, 0.1) is 5.92 Å². The number of carbonyl (C=O) groups is 1. The third kappa shape index (κ3) is 4.58. The minimum atomic E-state index is 0.107. The first-order valence-corrected chi connectivity index (χ1v) is 5.41. The molecule has 82 valence electrons. The fourth-order valence-electron chi connectivity index (χ4n) is 1.67. The molecule has 1 fully saturated rings. The van der Waals surface area contributed by atoms with Crippen LogP contribution in [0.3, 0.4) is 0 Å². The van der Waals surface area contributed by atoms with Crippen LogP contribution in [0.2, 0.25) is 0 Å². The van der Waals surface area contributed by atoms with Gasteiger partial charge in [-0.3, -0.25) is 4.79 Å². The van der Waals surface area contributed by atoms with Gasteiger partial charge in [0.15, 0.2) is 0 Å². The fourth-order valence-corrected chi connectivity index (χ4v) is 1.67. The second-order valence-corrected chi connectivity index (χ2v) is 3.83. The van der Waals surface area contributed by atoms with Crippen LogP contribution in [0.4, 0.5) is 0 Å². The van der Waals surface area contributed by atoms with Crippen molar-refractivity contribution in [2.24, 2.45) is 5.92 Å². The van der Waals surface area contributed by atoms with Crippen molar-refractivity contribution in [2.75, 3.05) is 26.2 Å². The Morgan fingerprint density at radius 3 is 2.93 bits per heavy atom. The van der Waals surface area contributed by atoms with Crippen molar-refractivity contribution in [3.63, 3.8) is 0 Å². The van der Waals surface area contributed by atoms with Crippen LogP contribution in [0.25, 0.3) is 0 Å². The lowest BCUT2D eigenvalue weighted by Crippen LogP contribution is -2.28. The third-order valence-electron chi connectivity index (χ3n) is 2.63. The Morgan fingerprint density at radius 1 is 1.29 bits per heavy atom. The van der Waals surface area contributed by atoms with Gasteiger partial charge < -0.3 is 15.7 Å². The van der Waals surface area contributed by atoms with E-state index >= 15 is 0 Å². The summed E-state index contributed by atoms with van der Waals surface area (Å²) in [5.74, 6) is 0.450. The summed E-state index contributed by atoms with van der Waals surface area (Å²) in [6.07, 6.45) is 3.57. The molecule has 14 heavy (non-hydrogen) atoms. The zero-order valence-corrected chi connectivity index (χ0v) is 8.59. The lowest BCUT2D eigenvalue weighted by atomic mass is 10.0. The van der Waals surface area contributed by atoms with E-state index in [1.165, 1.54) is 0 Å². The van der Waals surface area contributed by atoms with Crippen LogP contribution in [0.15, 0.2) is 0 Å². The topological polar surface area (TPSA) is 61.4 Å². The van der Waals surface area contributed by atoms with Gasteiger partial charge in [0.25, 0.3) is 0 Å². The maximum Gasteiger partial charge on any atom is 0.221 e. The lowest BCUT2D eigenvalue weighted by Gasteiger charge is -2.13. The summed E-state index contributed by atoms with van der Waals surface area (Å²) in [6, 6.07) is 0. The van der Waals surface area contributed by atoms with Gasteiger partial charge >= 0.3 is 0 Å². The Kier molecular flexibility index (Phi) is 5.56. The Hall–Kier alpha value is -0.610. The summed E-state index contributed by atoms with van der Waals surface area (Å²) >= 11 is 0. The van der Waals surface area contributed by atoms with E-state index in [-0.39, 0.29) is 12.5 Å². The Morgan fingerprint density at radius 2 is 2.14 bits per heavy atom. The molecule has 1 heterocycles. The van der Waals surface area contributed by atoms with E-state index in [1.54, 1.807) is 0 Å². The highest BCUT2D eigenvalue weighted by Crippen LogP contribution is 2.09. The van der Waals surface area contributed by atoms with E-state index in [9.17, 15) is 4.79 Å². The van der Waals surface area contributed by atoms with Crippen molar-refractivity contribution in [3.05, 3.63) is 0 Å². The molecular weight excluding hydrogens is 180 g/mol. The maximum absolute atomic E-state index is 11.2. The van der Waals surface area contributed by atoms with Gasteiger partial charge in [0.2, 0.25) is 5.91 Å². The van der Waals surface area contributed by atoms with Gasteiger partial charge in [0.1, 0.15) is 0 Å². The Labute approximate surface area is 85.1 Å². The van der Waals surface area contributed by atoms with Crippen molar-refractivity contribution in [1.82, 2.24) is 10.6 Å². The molecule has 0 saturated carbocycles. The Balaban J connectivity index is 2.31. The monoisotopic (exact) mass is 200 g/mol. The number of aliphatic hydroxyl groups excluding tert-OH is 1. The second kappa shape index (κ2) is 6.79. The summed E-state index contributed by atoms with van der Waals surface area (Å²) in [4.78, 5) is 11.2. The van der Waals surface area contributed by atoms with Gasteiger partial charge in [0, 0.05) is 26.1 Å². The molecule has 3 N–H and O–H groups in total. The first kappa shape index (κ1) is 11.5. The van der Waals surface area contributed by atoms with Gasteiger partial charge in [-0.15, -0.1) is 0 Å². The number of aliphatic hydroxyl groups is 1. The SMILES string of the molecule is O=C1CCNCCCC(CO)CCN1. The average molecular weight is 200 g/mol. The molecule has 0 radical (unpaired) electrons. The summed E-state index contributed by atoms with van der Waals surface area (Å²) in [7, 11) is 0. The van der Waals surface area contributed by atoms with Gasteiger partial charge in [-0.2, -0.15) is 0 Å². The van der Waals surface area contributed by atoms with Crippen molar-refractivity contribution in [1.29, 1.82) is 0 Å². The molecule has 1 saturated heterocycles. The minimum Gasteiger partial charge on any atom is -0.396 e. The normalized spacial score (nSPS) is 26.4. The predicted octanol–water partition coefficient (Wildman–Crippen LogP) is -0.125. The summed E-state index contributed by atoms with van der Waals surface area (Å²) in [5.41, 5.74) is 0. The quantitative estimate of drug-likeness (QED) is 0.553. The highest BCUT2D eigenvalue weighted by Gasteiger charge is 2.09. The predicted molar refractivity (Wildman–Crippen MR) is 54.9 cm³/mol. The number of hydrogen-bond donors (Lipinski definition) is 3. The second-order valence-electron chi connectivity index (χ2n) is 3.83. The van der Waals surface area contributed by atoms with Crippen LogP contribution >= 0.6 is 0 Å². The third-order valence-corrected chi connectivity index (χ3v) is 2.63. The number of amides is 1. The number of rotatable bonds is 1. The van der Waals surface area contributed by atoms with Crippen LogP contribution < -0.4 is 10.6 Å². The molecule has 0 aliphatic carbocycles. The first-order chi connectivity index (χ1) is 6.83. The molecule has 0 aromatic carbocycles. The van der Waals surface area contributed by atoms with Crippen LogP contribution in [-0.2, 0) is 4.79 Å². The number of hydrogen-bond acceptors (Lipinski definition) is 3. The number of carbonyl (C=O) groups excluding carboxylic acids is 1. The van der Waals surface area contributed by atoms with E-state index in [2.05, 4.69) is 10.6 Å². The standard InChI is InChI=1S/C10H20N2O2/c13-8-9-2-1-5-11-6-4-10(14)12-7-3-9/h9,11,13H,1-8H2,(H,12,14). The smallest absolute Gasteiger partial charge is 0.221 e. The van der Waals surface area contributed by atoms with Gasteiger partial charge in [-0.25, -0.2) is 0 Å². The van der Waals surface area contributed by atoms with Gasteiger partial charge in [-0.1, -0.05) is 0 Å². The molecule has 1 rings (SSSR count). The molecule has 0 aromatic rings. The molecule has 4 nitrogen and oxygen atoms in total. The number of nitrogens with one attached hydrogen (secondary N) is 2. The van der Waals surface area contributed by atoms with Gasteiger partial charge in [-0.05, 0) is 31.7 Å². The van der Waals surface area contributed by atoms with E-state index in [4.69, 9.17) is 5.11 Å². The fraction of sp³-hybridized carbons (Fsp3) is 0.900. The summed E-state index contributed by atoms with van der Waals surface area (Å²) in [6.45, 7) is 2.64. The Bertz CT molecular complexity index is 174. The van der Waals surface area contributed by atoms with E-state index in [0.717, 1.165) is 32.4 Å². The van der Waals surface area contributed by atoms with Crippen LogP contribution in [0.5, 0.6) is 0 Å². The van der Waals surface area contributed by atoms with Crippen molar-refractivity contribution in [3.8, 4) is 0 Å². The highest BCUT2D eigenvalue weighted by atomic mass is 16.3. The molecule has 0 aromatic heterocycles. The lowest BCUT2D eigenvalue weighted by molar-refractivity contribution is -0.121. The molecule has 0 spiro atoms. The van der Waals surface area contributed by atoms with Crippen LogP contribution in [0.1, 0.15) is 25.7 Å². The van der Waals surface area contributed by atoms with Crippen molar-refractivity contribution in [2.45, 2.75) is 25.7 Å². The molecule has 0 bridgehead atoms. The molecule has 1 aliphatic heterocycles. The highest BCUT2D eigenvalue weighted by molar-refractivity contribution is 5.75. The van der Waals surface area contributed by atoms with Crippen molar-refractivity contribution < 1.29 is 9.90 Å². The summed E-state index contributed by atoms with van der Waals surface area (Å²) in [5, 5.41) is 15.1. The molecule has 1 unspecified atom stereocenters. The molecular formula is C10H20N2O2. The molecule has 1 atom stereocenters. The zero-order chi connectivity index (χ0) is 10.2.